The highest BCUT2D eigenvalue weighted by atomic mass is 35.5. The summed E-state index contributed by atoms with van der Waals surface area (Å²) in [5.41, 5.74) is 2.81. The second-order valence-electron chi connectivity index (χ2n) is 7.72. The van der Waals surface area contributed by atoms with Gasteiger partial charge in [0.1, 0.15) is 12.3 Å². The molecular formula is C21H20ClN3O3. The van der Waals surface area contributed by atoms with Crippen LogP contribution in [0, 0.1) is 0 Å². The molecule has 6 nitrogen and oxygen atoms in total. The summed E-state index contributed by atoms with van der Waals surface area (Å²) in [6.45, 7) is 6.61. The Hall–Kier alpha value is -2.86. The Morgan fingerprint density at radius 3 is 2.61 bits per heavy atom. The molecule has 0 atom stereocenters. The lowest BCUT2D eigenvalue weighted by atomic mass is 9.87. The highest BCUT2D eigenvalue weighted by Gasteiger charge is 2.27. The minimum absolute atomic E-state index is 0.0530. The van der Waals surface area contributed by atoms with Crippen LogP contribution in [0.25, 0.3) is 11.4 Å². The van der Waals surface area contributed by atoms with Crippen molar-refractivity contribution in [3.05, 3.63) is 58.9 Å². The molecule has 2 aromatic carbocycles. The molecule has 1 aliphatic heterocycles. The van der Waals surface area contributed by atoms with E-state index in [4.69, 9.17) is 20.9 Å². The van der Waals surface area contributed by atoms with E-state index < -0.39 is 0 Å². The number of rotatable bonds is 3. The number of nitrogens with zero attached hydrogens (tertiary/aromatic N) is 3. The largest absolute Gasteiger partial charge is 0.482 e. The predicted octanol–water partition coefficient (Wildman–Crippen LogP) is 4.61. The van der Waals surface area contributed by atoms with Crippen molar-refractivity contribution in [2.75, 3.05) is 11.5 Å². The van der Waals surface area contributed by atoms with Gasteiger partial charge in [-0.15, -0.1) is 0 Å². The molecule has 0 aliphatic carbocycles. The molecule has 0 radical (unpaired) electrons. The number of aromatic nitrogens is 2. The third kappa shape index (κ3) is 3.60. The van der Waals surface area contributed by atoms with E-state index in [1.807, 2.05) is 12.1 Å². The zero-order valence-electron chi connectivity index (χ0n) is 15.9. The molecule has 0 spiro atoms. The number of halogens is 1. The molecule has 0 N–H and O–H groups in total. The topological polar surface area (TPSA) is 68.5 Å². The molecule has 1 amide bonds. The lowest BCUT2D eigenvalue weighted by Gasteiger charge is -2.28. The number of anilines is 1. The van der Waals surface area contributed by atoms with E-state index in [0.717, 1.165) is 5.56 Å². The summed E-state index contributed by atoms with van der Waals surface area (Å²) < 4.78 is 10.8. The second-order valence-corrected chi connectivity index (χ2v) is 8.16. The summed E-state index contributed by atoms with van der Waals surface area (Å²) in [5.74, 6) is 1.23. The third-order valence-corrected chi connectivity index (χ3v) is 4.87. The van der Waals surface area contributed by atoms with Crippen LogP contribution in [-0.4, -0.2) is 22.7 Å². The molecule has 0 bridgehead atoms. The van der Waals surface area contributed by atoms with Gasteiger partial charge in [-0.2, -0.15) is 4.98 Å². The van der Waals surface area contributed by atoms with Gasteiger partial charge in [-0.1, -0.05) is 61.8 Å². The van der Waals surface area contributed by atoms with E-state index in [1.165, 1.54) is 5.56 Å². The smallest absolute Gasteiger partial charge is 0.265 e. The fraction of sp³-hybridized carbons (Fsp3) is 0.286. The first kappa shape index (κ1) is 18.5. The molecule has 1 aromatic heterocycles. The maximum absolute atomic E-state index is 12.3. The molecule has 0 unspecified atom stereocenters. The van der Waals surface area contributed by atoms with Gasteiger partial charge in [0.25, 0.3) is 5.91 Å². The van der Waals surface area contributed by atoms with Crippen molar-refractivity contribution < 1.29 is 14.1 Å². The molecule has 28 heavy (non-hydrogen) atoms. The average Bonchev–Trinajstić information content (AvgIpc) is 3.12. The first-order valence-electron chi connectivity index (χ1n) is 8.97. The van der Waals surface area contributed by atoms with Crippen LogP contribution in [0.5, 0.6) is 5.75 Å². The Kier molecular flexibility index (Phi) is 4.59. The number of fused-ring (bicyclic) bond motifs is 1. The fourth-order valence-corrected chi connectivity index (χ4v) is 3.20. The van der Waals surface area contributed by atoms with Crippen LogP contribution < -0.4 is 9.64 Å². The number of carbonyl (C=O) groups excluding carboxylic acids is 1. The SMILES string of the molecule is CC(C)(C)c1ccc(-c2noc(CN3C(=O)COc4cc(Cl)ccc43)n2)cc1. The monoisotopic (exact) mass is 397 g/mol. The highest BCUT2D eigenvalue weighted by Crippen LogP contribution is 2.35. The summed E-state index contributed by atoms with van der Waals surface area (Å²) >= 11 is 6.01. The van der Waals surface area contributed by atoms with Crippen LogP contribution in [0.2, 0.25) is 5.02 Å². The van der Waals surface area contributed by atoms with Crippen LogP contribution in [0.4, 0.5) is 5.69 Å². The van der Waals surface area contributed by atoms with Crippen molar-refractivity contribution >= 4 is 23.2 Å². The second kappa shape index (κ2) is 6.95. The molecule has 144 valence electrons. The molecule has 4 rings (SSSR count). The quantitative estimate of drug-likeness (QED) is 0.645. The van der Waals surface area contributed by atoms with E-state index in [9.17, 15) is 4.79 Å². The molecule has 1 aliphatic rings. The van der Waals surface area contributed by atoms with Gasteiger partial charge in [0, 0.05) is 16.7 Å². The fourth-order valence-electron chi connectivity index (χ4n) is 3.04. The van der Waals surface area contributed by atoms with E-state index >= 15 is 0 Å². The molecule has 0 saturated carbocycles. The van der Waals surface area contributed by atoms with Gasteiger partial charge in [0.2, 0.25) is 11.7 Å². The van der Waals surface area contributed by atoms with Gasteiger partial charge < -0.3 is 9.26 Å². The van der Waals surface area contributed by atoms with Crippen molar-refractivity contribution in [1.29, 1.82) is 0 Å². The van der Waals surface area contributed by atoms with Crippen molar-refractivity contribution in [3.8, 4) is 17.1 Å². The third-order valence-electron chi connectivity index (χ3n) is 4.64. The Morgan fingerprint density at radius 2 is 1.89 bits per heavy atom. The van der Waals surface area contributed by atoms with Gasteiger partial charge >= 0.3 is 0 Å². The van der Waals surface area contributed by atoms with Crippen LogP contribution >= 0.6 is 11.6 Å². The van der Waals surface area contributed by atoms with E-state index in [2.05, 4.69) is 43.0 Å². The highest BCUT2D eigenvalue weighted by molar-refractivity contribution is 6.30. The van der Waals surface area contributed by atoms with E-state index in [-0.39, 0.29) is 24.5 Å². The molecule has 0 saturated heterocycles. The van der Waals surface area contributed by atoms with E-state index in [0.29, 0.717) is 28.2 Å². The minimum Gasteiger partial charge on any atom is -0.482 e. The maximum atomic E-state index is 12.3. The van der Waals surface area contributed by atoms with Crippen LogP contribution in [0.3, 0.4) is 0 Å². The average molecular weight is 398 g/mol. The number of ether oxygens (including phenoxy) is 1. The van der Waals surface area contributed by atoms with Gasteiger partial charge in [-0.05, 0) is 23.1 Å². The minimum atomic E-state index is -0.177. The lowest BCUT2D eigenvalue weighted by molar-refractivity contribution is -0.121. The first-order valence-corrected chi connectivity index (χ1v) is 9.35. The van der Waals surface area contributed by atoms with Crippen molar-refractivity contribution in [2.24, 2.45) is 0 Å². The normalized spacial score (nSPS) is 14.0. The summed E-state index contributed by atoms with van der Waals surface area (Å²) in [7, 11) is 0. The zero-order valence-corrected chi connectivity index (χ0v) is 16.7. The summed E-state index contributed by atoms with van der Waals surface area (Å²) in [5, 5.41) is 4.61. The summed E-state index contributed by atoms with van der Waals surface area (Å²) in [6, 6.07) is 13.2. The Balaban J connectivity index is 1.57. The van der Waals surface area contributed by atoms with Gasteiger partial charge in [0.05, 0.1) is 5.69 Å². The van der Waals surface area contributed by atoms with Crippen molar-refractivity contribution in [1.82, 2.24) is 10.1 Å². The van der Waals surface area contributed by atoms with Gasteiger partial charge in [-0.3, -0.25) is 9.69 Å². The zero-order chi connectivity index (χ0) is 19.9. The molecule has 7 heteroatoms. The van der Waals surface area contributed by atoms with Gasteiger partial charge in [0.15, 0.2) is 6.61 Å². The summed E-state index contributed by atoms with van der Waals surface area (Å²) in [6.07, 6.45) is 0. The molecule has 0 fully saturated rings. The number of hydrogen-bond donors (Lipinski definition) is 0. The van der Waals surface area contributed by atoms with Gasteiger partial charge in [-0.25, -0.2) is 0 Å². The van der Waals surface area contributed by atoms with Crippen LogP contribution in [0.15, 0.2) is 47.0 Å². The number of amides is 1. The van der Waals surface area contributed by atoms with Crippen molar-refractivity contribution in [2.45, 2.75) is 32.7 Å². The Bertz CT molecular complexity index is 1020. The van der Waals surface area contributed by atoms with Crippen LogP contribution in [0.1, 0.15) is 32.2 Å². The molecular weight excluding hydrogens is 378 g/mol. The predicted molar refractivity (Wildman–Crippen MR) is 107 cm³/mol. The molecule has 2 heterocycles. The standard InChI is InChI=1S/C21H20ClN3O3/c1-21(2,3)14-6-4-13(5-7-14)20-23-18(28-24-20)11-25-16-9-8-15(22)10-17(16)27-12-19(25)26/h4-10H,11-12H2,1-3H3. The Labute approximate surface area is 168 Å². The lowest BCUT2D eigenvalue weighted by Crippen LogP contribution is -2.38. The first-order chi connectivity index (χ1) is 13.3. The summed E-state index contributed by atoms with van der Waals surface area (Å²) in [4.78, 5) is 18.4. The Morgan fingerprint density at radius 1 is 1.14 bits per heavy atom. The number of benzene rings is 2. The van der Waals surface area contributed by atoms with Crippen LogP contribution in [-0.2, 0) is 16.8 Å². The maximum Gasteiger partial charge on any atom is 0.265 e. The van der Waals surface area contributed by atoms with Crippen molar-refractivity contribution in [3.63, 3.8) is 0 Å². The number of carbonyl (C=O) groups is 1. The van der Waals surface area contributed by atoms with E-state index in [1.54, 1.807) is 23.1 Å². The molecule has 3 aromatic rings. The number of hydrogen-bond acceptors (Lipinski definition) is 5.